The number of ether oxygens (including phenoxy) is 1. The largest absolute Gasteiger partial charge is 0.483 e. The number of nitrogens with one attached hydrogen (secondary N) is 1. The maximum absolute atomic E-state index is 11.2. The van der Waals surface area contributed by atoms with Gasteiger partial charge in [-0.3, -0.25) is 9.59 Å². The van der Waals surface area contributed by atoms with Crippen LogP contribution < -0.4 is 5.32 Å². The van der Waals surface area contributed by atoms with Gasteiger partial charge in [-0.15, -0.1) is 0 Å². The summed E-state index contributed by atoms with van der Waals surface area (Å²) in [5.41, 5.74) is 0. The third kappa shape index (κ3) is 1.72. The van der Waals surface area contributed by atoms with Gasteiger partial charge < -0.3 is 15.2 Å². The third-order valence-electron chi connectivity index (χ3n) is 2.60. The Bertz CT molecular complexity index is 360. The summed E-state index contributed by atoms with van der Waals surface area (Å²) in [5, 5.41) is 11.5. The first-order chi connectivity index (χ1) is 7.08. The number of hydrogen-bond acceptors (Lipinski definition) is 3. The molecule has 3 atom stereocenters. The molecule has 0 aromatic rings. The molecule has 2 aliphatic rings. The Morgan fingerprint density at radius 2 is 2.33 bits per heavy atom. The van der Waals surface area contributed by atoms with Crippen molar-refractivity contribution in [3.8, 4) is 0 Å². The summed E-state index contributed by atoms with van der Waals surface area (Å²) in [4.78, 5) is 21.9. The predicted octanol–water partition coefficient (Wildman–Crippen LogP) is 0.0444. The van der Waals surface area contributed by atoms with Crippen molar-refractivity contribution in [1.29, 1.82) is 0 Å². The molecule has 0 bridgehead atoms. The van der Waals surface area contributed by atoms with Crippen LogP contribution in [0.15, 0.2) is 24.5 Å². The van der Waals surface area contributed by atoms with Crippen LogP contribution in [0.25, 0.3) is 0 Å². The fraction of sp³-hybridized carbons (Fsp3) is 0.400. The molecule has 0 radical (unpaired) electrons. The molecule has 80 valence electrons. The maximum atomic E-state index is 11.2. The molecular formula is C10H11NO4. The van der Waals surface area contributed by atoms with Crippen molar-refractivity contribution < 1.29 is 19.4 Å². The van der Waals surface area contributed by atoms with E-state index >= 15 is 0 Å². The van der Waals surface area contributed by atoms with Gasteiger partial charge in [-0.2, -0.15) is 0 Å². The fourth-order valence-electron chi connectivity index (χ4n) is 1.77. The minimum atomic E-state index is -0.879. The number of carboxylic acids is 1. The number of morpholine rings is 1. The standard InChI is InChI=1S/C10H11NO4/c1-5-9(12)11-7-3-2-6(10(13)14)4-8(7)15-5/h2-3,6-8H,1,4H2,(H,11,12)(H,13,14)/t6-,7+,8+/m0/s1. The monoisotopic (exact) mass is 209 g/mol. The van der Waals surface area contributed by atoms with Gasteiger partial charge in [-0.25, -0.2) is 0 Å². The zero-order valence-corrected chi connectivity index (χ0v) is 7.97. The van der Waals surface area contributed by atoms with Crippen LogP contribution in [-0.4, -0.2) is 29.1 Å². The van der Waals surface area contributed by atoms with E-state index in [0.717, 1.165) is 0 Å². The van der Waals surface area contributed by atoms with E-state index in [4.69, 9.17) is 9.84 Å². The smallest absolute Gasteiger partial charge is 0.310 e. The van der Waals surface area contributed by atoms with Gasteiger partial charge in [-0.05, 0) is 0 Å². The molecule has 5 nitrogen and oxygen atoms in total. The number of carboxylic acid groups (broad SMARTS) is 1. The van der Waals surface area contributed by atoms with Crippen molar-refractivity contribution in [1.82, 2.24) is 5.32 Å². The summed E-state index contributed by atoms with van der Waals surface area (Å²) >= 11 is 0. The molecule has 0 aromatic heterocycles. The Morgan fingerprint density at radius 3 is 3.00 bits per heavy atom. The van der Waals surface area contributed by atoms with Gasteiger partial charge in [0.2, 0.25) is 0 Å². The summed E-state index contributed by atoms with van der Waals surface area (Å²) in [6, 6.07) is -0.237. The molecule has 1 aliphatic heterocycles. The van der Waals surface area contributed by atoms with Crippen LogP contribution in [0, 0.1) is 5.92 Å². The Hall–Kier alpha value is -1.78. The summed E-state index contributed by atoms with van der Waals surface area (Å²) in [6.07, 6.45) is 3.29. The second kappa shape index (κ2) is 3.42. The number of amides is 1. The summed E-state index contributed by atoms with van der Waals surface area (Å²) in [7, 11) is 0. The van der Waals surface area contributed by atoms with Crippen LogP contribution in [0.1, 0.15) is 6.42 Å². The molecule has 2 rings (SSSR count). The number of hydrogen-bond donors (Lipinski definition) is 2. The fourth-order valence-corrected chi connectivity index (χ4v) is 1.77. The Kier molecular flexibility index (Phi) is 2.22. The number of carbonyl (C=O) groups is 2. The van der Waals surface area contributed by atoms with E-state index in [1.165, 1.54) is 0 Å². The minimum absolute atomic E-state index is 0.0516. The lowest BCUT2D eigenvalue weighted by Crippen LogP contribution is -2.51. The van der Waals surface area contributed by atoms with Gasteiger partial charge in [0.05, 0.1) is 12.0 Å². The molecule has 0 saturated carbocycles. The van der Waals surface area contributed by atoms with E-state index in [-0.39, 0.29) is 23.8 Å². The molecule has 1 fully saturated rings. The van der Waals surface area contributed by atoms with E-state index in [2.05, 4.69) is 11.9 Å². The van der Waals surface area contributed by atoms with Gasteiger partial charge in [0.1, 0.15) is 6.10 Å². The predicted molar refractivity (Wildman–Crippen MR) is 50.8 cm³/mol. The zero-order chi connectivity index (χ0) is 11.0. The molecule has 0 spiro atoms. The second-order valence-corrected chi connectivity index (χ2v) is 3.64. The number of aliphatic carboxylic acids is 1. The zero-order valence-electron chi connectivity index (χ0n) is 7.97. The van der Waals surface area contributed by atoms with Crippen molar-refractivity contribution in [2.45, 2.75) is 18.6 Å². The van der Waals surface area contributed by atoms with E-state index in [1.54, 1.807) is 12.2 Å². The van der Waals surface area contributed by atoms with E-state index < -0.39 is 11.9 Å². The van der Waals surface area contributed by atoms with Gasteiger partial charge in [-0.1, -0.05) is 18.7 Å². The van der Waals surface area contributed by atoms with Gasteiger partial charge in [0.25, 0.3) is 5.91 Å². The Labute approximate surface area is 86.4 Å². The van der Waals surface area contributed by atoms with Crippen molar-refractivity contribution in [3.63, 3.8) is 0 Å². The highest BCUT2D eigenvalue weighted by Gasteiger charge is 2.36. The van der Waals surface area contributed by atoms with Crippen molar-refractivity contribution in [3.05, 3.63) is 24.5 Å². The second-order valence-electron chi connectivity index (χ2n) is 3.64. The number of fused-ring (bicyclic) bond motifs is 1. The first-order valence-electron chi connectivity index (χ1n) is 4.65. The highest BCUT2D eigenvalue weighted by Crippen LogP contribution is 2.25. The lowest BCUT2D eigenvalue weighted by Gasteiger charge is -2.35. The van der Waals surface area contributed by atoms with Crippen molar-refractivity contribution >= 4 is 11.9 Å². The highest BCUT2D eigenvalue weighted by atomic mass is 16.5. The van der Waals surface area contributed by atoms with E-state index in [1.807, 2.05) is 0 Å². The van der Waals surface area contributed by atoms with Gasteiger partial charge >= 0.3 is 5.97 Å². The number of carbonyl (C=O) groups excluding carboxylic acids is 1. The molecule has 1 aliphatic carbocycles. The maximum Gasteiger partial charge on any atom is 0.310 e. The summed E-state index contributed by atoms with van der Waals surface area (Å²) < 4.78 is 5.26. The lowest BCUT2D eigenvalue weighted by molar-refractivity contribution is -0.142. The van der Waals surface area contributed by atoms with Crippen LogP contribution in [0.4, 0.5) is 0 Å². The van der Waals surface area contributed by atoms with Gasteiger partial charge in [0, 0.05) is 6.42 Å². The molecular weight excluding hydrogens is 198 g/mol. The molecule has 1 amide bonds. The van der Waals surface area contributed by atoms with Crippen LogP contribution in [-0.2, 0) is 14.3 Å². The topological polar surface area (TPSA) is 75.6 Å². The van der Waals surface area contributed by atoms with Crippen molar-refractivity contribution in [2.24, 2.45) is 5.92 Å². The Balaban J connectivity index is 2.15. The number of rotatable bonds is 1. The molecule has 5 heteroatoms. The molecule has 1 heterocycles. The minimum Gasteiger partial charge on any atom is -0.483 e. The van der Waals surface area contributed by atoms with Crippen molar-refractivity contribution in [2.75, 3.05) is 0 Å². The first kappa shape index (κ1) is 9.76. The van der Waals surface area contributed by atoms with Crippen LogP contribution in [0.3, 0.4) is 0 Å². The summed E-state index contributed by atoms with van der Waals surface area (Å²) in [6.45, 7) is 3.45. The Morgan fingerprint density at radius 1 is 1.60 bits per heavy atom. The average Bonchev–Trinajstić information content (AvgIpc) is 2.19. The SMILES string of the molecule is C=C1O[C@@H]2C[C@@H](C(=O)O)C=C[C@H]2NC1=O. The van der Waals surface area contributed by atoms with E-state index in [9.17, 15) is 9.59 Å². The molecule has 0 aromatic carbocycles. The van der Waals surface area contributed by atoms with Crippen LogP contribution in [0.2, 0.25) is 0 Å². The third-order valence-corrected chi connectivity index (χ3v) is 2.60. The van der Waals surface area contributed by atoms with Gasteiger partial charge in [0.15, 0.2) is 5.76 Å². The normalized spacial score (nSPS) is 34.0. The molecule has 1 saturated heterocycles. The van der Waals surface area contributed by atoms with E-state index in [0.29, 0.717) is 6.42 Å². The first-order valence-corrected chi connectivity index (χ1v) is 4.65. The highest BCUT2D eigenvalue weighted by molar-refractivity contribution is 5.92. The summed E-state index contributed by atoms with van der Waals surface area (Å²) in [5.74, 6) is -1.71. The molecule has 2 N–H and O–H groups in total. The average molecular weight is 209 g/mol. The van der Waals surface area contributed by atoms with Crippen LogP contribution in [0.5, 0.6) is 0 Å². The molecule has 15 heavy (non-hydrogen) atoms. The lowest BCUT2D eigenvalue weighted by atomic mass is 9.89. The van der Waals surface area contributed by atoms with Crippen LogP contribution >= 0.6 is 0 Å². The quantitative estimate of drug-likeness (QED) is 0.472. The molecule has 0 unspecified atom stereocenters.